The minimum absolute atomic E-state index is 0.729. The molecule has 0 saturated heterocycles. The Morgan fingerprint density at radius 1 is 1.25 bits per heavy atom. The van der Waals surface area contributed by atoms with E-state index in [1.807, 2.05) is 6.08 Å². The molecule has 0 aromatic heterocycles. The van der Waals surface area contributed by atoms with E-state index < -0.39 is 0 Å². The third-order valence-corrected chi connectivity index (χ3v) is 3.18. The van der Waals surface area contributed by atoms with Gasteiger partial charge in [0.05, 0.1) is 0 Å². The number of allylic oxidation sites excluding steroid dienone is 1. The quantitative estimate of drug-likeness (QED) is 0.630. The monoisotopic (exact) mass is 216 g/mol. The third-order valence-electron chi connectivity index (χ3n) is 3.18. The van der Waals surface area contributed by atoms with Crippen molar-refractivity contribution in [1.29, 1.82) is 0 Å². The van der Waals surface area contributed by atoms with Gasteiger partial charge in [-0.2, -0.15) is 0 Å². The van der Waals surface area contributed by atoms with Crippen molar-refractivity contribution in [2.75, 3.05) is 0 Å². The van der Waals surface area contributed by atoms with E-state index in [0.29, 0.717) is 0 Å². The number of hydrogen-bond donors (Lipinski definition) is 0. The molecule has 0 heterocycles. The first-order valence-electron chi connectivity index (χ1n) is 6.25. The topological polar surface area (TPSA) is 0 Å². The highest BCUT2D eigenvalue weighted by molar-refractivity contribution is 5.40. The van der Waals surface area contributed by atoms with Crippen molar-refractivity contribution in [2.45, 2.75) is 47.0 Å². The van der Waals surface area contributed by atoms with Gasteiger partial charge in [-0.25, -0.2) is 0 Å². The van der Waals surface area contributed by atoms with Gasteiger partial charge in [0.15, 0.2) is 0 Å². The Labute approximate surface area is 100 Å². The summed E-state index contributed by atoms with van der Waals surface area (Å²) in [4.78, 5) is 0. The van der Waals surface area contributed by atoms with Crippen LogP contribution < -0.4 is 0 Å². The van der Waals surface area contributed by atoms with E-state index in [1.165, 1.54) is 23.1 Å². The Hall–Kier alpha value is -1.04. The Morgan fingerprint density at radius 3 is 2.50 bits per heavy atom. The lowest BCUT2D eigenvalue weighted by atomic mass is 9.90. The van der Waals surface area contributed by atoms with Gasteiger partial charge in [0.1, 0.15) is 0 Å². The normalized spacial score (nSPS) is 10.8. The van der Waals surface area contributed by atoms with Crippen LogP contribution in [0.4, 0.5) is 0 Å². The molecule has 0 amide bonds. The lowest BCUT2D eigenvalue weighted by molar-refractivity contribution is 0.641. The Morgan fingerprint density at radius 2 is 1.94 bits per heavy atom. The average molecular weight is 216 g/mol. The highest BCUT2D eigenvalue weighted by atomic mass is 14.1. The van der Waals surface area contributed by atoms with Crippen molar-refractivity contribution >= 4 is 0 Å². The lowest BCUT2D eigenvalue weighted by Gasteiger charge is -2.15. The molecule has 0 N–H and O–H groups in total. The predicted octanol–water partition coefficient (Wildman–Crippen LogP) is 4.62. The second-order valence-corrected chi connectivity index (χ2v) is 5.07. The van der Waals surface area contributed by atoms with E-state index >= 15 is 0 Å². The molecule has 0 radical (unpaired) electrons. The zero-order chi connectivity index (χ0) is 12.1. The molecule has 1 aromatic rings. The maximum absolute atomic E-state index is 3.79. The molecular formula is C16H24. The second kappa shape index (κ2) is 5.89. The number of aryl methyl sites for hydroxylation is 2. The summed E-state index contributed by atoms with van der Waals surface area (Å²) >= 11 is 0. The maximum Gasteiger partial charge on any atom is -0.0242 e. The van der Waals surface area contributed by atoms with Gasteiger partial charge >= 0.3 is 0 Å². The van der Waals surface area contributed by atoms with E-state index in [1.54, 1.807) is 5.56 Å². The van der Waals surface area contributed by atoms with Crippen molar-refractivity contribution in [3.8, 4) is 0 Å². The Bertz CT molecular complexity index is 359. The largest absolute Gasteiger partial charge is 0.103 e. The smallest absolute Gasteiger partial charge is 0.0242 e. The van der Waals surface area contributed by atoms with Crippen LogP contribution in [0.5, 0.6) is 0 Å². The molecule has 1 rings (SSSR count). The van der Waals surface area contributed by atoms with Gasteiger partial charge in [-0.15, -0.1) is 6.58 Å². The molecule has 88 valence electrons. The average Bonchev–Trinajstić information content (AvgIpc) is 2.23. The maximum atomic E-state index is 3.79. The van der Waals surface area contributed by atoms with Crippen LogP contribution in [0.1, 0.15) is 42.5 Å². The van der Waals surface area contributed by atoms with E-state index in [2.05, 4.69) is 46.4 Å². The van der Waals surface area contributed by atoms with Crippen molar-refractivity contribution < 1.29 is 0 Å². The summed E-state index contributed by atoms with van der Waals surface area (Å²) < 4.78 is 0. The third kappa shape index (κ3) is 3.23. The predicted molar refractivity (Wildman–Crippen MR) is 73.0 cm³/mol. The van der Waals surface area contributed by atoms with Crippen LogP contribution in [0.15, 0.2) is 24.8 Å². The van der Waals surface area contributed by atoms with E-state index in [9.17, 15) is 0 Å². The molecule has 0 heteroatoms. The SMILES string of the molecule is C=CCCc1ccc(C)c(CC(C)C)c1C. The first kappa shape index (κ1) is 13.0. The minimum Gasteiger partial charge on any atom is -0.103 e. The highest BCUT2D eigenvalue weighted by Crippen LogP contribution is 2.22. The molecule has 0 saturated carbocycles. The minimum atomic E-state index is 0.729. The molecule has 0 unspecified atom stereocenters. The summed E-state index contributed by atoms with van der Waals surface area (Å²) in [6, 6.07) is 4.54. The molecule has 0 aliphatic rings. The van der Waals surface area contributed by atoms with Gasteiger partial charge in [-0.05, 0) is 61.3 Å². The fraction of sp³-hybridized carbons (Fsp3) is 0.500. The van der Waals surface area contributed by atoms with Crippen molar-refractivity contribution in [3.63, 3.8) is 0 Å². The van der Waals surface area contributed by atoms with Gasteiger partial charge in [0, 0.05) is 0 Å². The number of rotatable bonds is 5. The van der Waals surface area contributed by atoms with Crippen LogP contribution in [0.2, 0.25) is 0 Å². The van der Waals surface area contributed by atoms with E-state index in [4.69, 9.17) is 0 Å². The van der Waals surface area contributed by atoms with Crippen LogP contribution in [0.3, 0.4) is 0 Å². The molecule has 0 spiro atoms. The van der Waals surface area contributed by atoms with Gasteiger partial charge in [0.25, 0.3) is 0 Å². The second-order valence-electron chi connectivity index (χ2n) is 5.07. The summed E-state index contributed by atoms with van der Waals surface area (Å²) in [6.07, 6.45) is 5.40. The molecule has 0 aliphatic heterocycles. The Kier molecular flexibility index (Phi) is 4.79. The number of hydrogen-bond acceptors (Lipinski definition) is 0. The van der Waals surface area contributed by atoms with Crippen LogP contribution in [-0.4, -0.2) is 0 Å². The van der Waals surface area contributed by atoms with Gasteiger partial charge in [0.2, 0.25) is 0 Å². The van der Waals surface area contributed by atoms with E-state index in [0.717, 1.165) is 18.8 Å². The van der Waals surface area contributed by atoms with Crippen LogP contribution in [0, 0.1) is 19.8 Å². The Balaban J connectivity index is 3.00. The molecule has 0 atom stereocenters. The summed E-state index contributed by atoms with van der Waals surface area (Å²) in [6.45, 7) is 12.9. The number of benzene rings is 1. The summed E-state index contributed by atoms with van der Waals surface area (Å²) in [5, 5.41) is 0. The standard InChI is InChI=1S/C16H24/c1-6-7-8-15-10-9-13(4)16(14(15)5)11-12(2)3/h6,9-10,12H,1,7-8,11H2,2-5H3. The molecule has 0 fully saturated rings. The van der Waals surface area contributed by atoms with Gasteiger partial charge < -0.3 is 0 Å². The fourth-order valence-electron chi connectivity index (χ4n) is 2.19. The first-order valence-corrected chi connectivity index (χ1v) is 6.25. The van der Waals surface area contributed by atoms with Gasteiger partial charge in [-0.1, -0.05) is 32.1 Å². The summed E-state index contributed by atoms with van der Waals surface area (Å²) in [5.74, 6) is 0.729. The fourth-order valence-corrected chi connectivity index (χ4v) is 2.19. The molecule has 0 aliphatic carbocycles. The summed E-state index contributed by atoms with van der Waals surface area (Å²) in [5.41, 5.74) is 5.97. The zero-order valence-electron chi connectivity index (χ0n) is 11.1. The van der Waals surface area contributed by atoms with Crippen LogP contribution in [0.25, 0.3) is 0 Å². The molecule has 16 heavy (non-hydrogen) atoms. The van der Waals surface area contributed by atoms with Crippen LogP contribution >= 0.6 is 0 Å². The zero-order valence-corrected chi connectivity index (χ0v) is 11.1. The van der Waals surface area contributed by atoms with E-state index in [-0.39, 0.29) is 0 Å². The van der Waals surface area contributed by atoms with Crippen molar-refractivity contribution in [2.24, 2.45) is 5.92 Å². The van der Waals surface area contributed by atoms with Gasteiger partial charge in [-0.3, -0.25) is 0 Å². The molecule has 0 nitrogen and oxygen atoms in total. The highest BCUT2D eigenvalue weighted by Gasteiger charge is 2.08. The molecular weight excluding hydrogens is 192 g/mol. The molecule has 1 aromatic carbocycles. The summed E-state index contributed by atoms with van der Waals surface area (Å²) in [7, 11) is 0. The van der Waals surface area contributed by atoms with Crippen molar-refractivity contribution in [3.05, 3.63) is 47.0 Å². The molecule has 0 bridgehead atoms. The van der Waals surface area contributed by atoms with Crippen molar-refractivity contribution in [1.82, 2.24) is 0 Å². The van der Waals surface area contributed by atoms with Crippen LogP contribution in [-0.2, 0) is 12.8 Å². The lowest BCUT2D eigenvalue weighted by Crippen LogP contribution is -2.03. The first-order chi connectivity index (χ1) is 7.56.